The van der Waals surface area contributed by atoms with Crippen LogP contribution in [-0.4, -0.2) is 56.4 Å². The fraction of sp³-hybridized carbons (Fsp3) is 0.367. The first-order chi connectivity index (χ1) is 19.8. The number of hydrogen-bond acceptors (Lipinski definition) is 7. The first kappa shape index (κ1) is 27.2. The number of nitrogens with zero attached hydrogens (tertiary/aromatic N) is 5. The lowest BCUT2D eigenvalue weighted by molar-refractivity contribution is 0.0997. The normalized spacial score (nSPS) is 18.3. The predicted octanol–water partition coefficient (Wildman–Crippen LogP) is 4.87. The van der Waals surface area contributed by atoms with Crippen LogP contribution >= 0.6 is 11.3 Å². The molecule has 11 heteroatoms. The van der Waals surface area contributed by atoms with Crippen molar-refractivity contribution in [2.24, 2.45) is 12.8 Å². The van der Waals surface area contributed by atoms with Crippen LogP contribution in [0.3, 0.4) is 0 Å². The lowest BCUT2D eigenvalue weighted by atomic mass is 9.91. The summed E-state index contributed by atoms with van der Waals surface area (Å²) in [4.78, 5) is 19.5. The maximum Gasteiger partial charge on any atom is 0.262 e. The molecule has 0 bridgehead atoms. The topological polar surface area (TPSA) is 100 Å². The molecule has 1 aromatic carbocycles. The van der Waals surface area contributed by atoms with Gasteiger partial charge in [0.15, 0.2) is 11.6 Å². The molecule has 1 aliphatic heterocycles. The molecule has 9 nitrogen and oxygen atoms in total. The number of aromatic nitrogens is 4. The van der Waals surface area contributed by atoms with Gasteiger partial charge in [-0.3, -0.25) is 14.0 Å². The molecule has 1 amide bonds. The van der Waals surface area contributed by atoms with E-state index in [9.17, 15) is 4.79 Å². The van der Waals surface area contributed by atoms with Gasteiger partial charge in [0, 0.05) is 50.3 Å². The van der Waals surface area contributed by atoms with E-state index in [1.54, 1.807) is 42.2 Å². The smallest absolute Gasteiger partial charge is 0.262 e. The number of carbonyl (C=O) groups is 1. The maximum atomic E-state index is 15.6. The number of amides is 1. The Hall–Kier alpha value is -3.96. The molecule has 3 aromatic heterocycles. The number of carbonyl (C=O) groups excluding carboxylic acids is 1. The van der Waals surface area contributed by atoms with Gasteiger partial charge in [-0.25, -0.2) is 9.37 Å². The van der Waals surface area contributed by atoms with Crippen molar-refractivity contribution >= 4 is 23.3 Å². The highest BCUT2D eigenvalue weighted by Gasteiger charge is 2.26. The molecule has 1 aliphatic carbocycles. The van der Waals surface area contributed by atoms with E-state index in [-0.39, 0.29) is 22.6 Å². The number of rotatable bonds is 8. The number of allylic oxidation sites excluding steroid dienone is 1. The highest BCUT2D eigenvalue weighted by atomic mass is 32.1. The van der Waals surface area contributed by atoms with Crippen molar-refractivity contribution in [3.05, 3.63) is 82.3 Å². The van der Waals surface area contributed by atoms with E-state index in [2.05, 4.69) is 28.1 Å². The summed E-state index contributed by atoms with van der Waals surface area (Å²) in [5, 5.41) is 5.02. The van der Waals surface area contributed by atoms with Gasteiger partial charge in [0.05, 0.1) is 17.6 Å². The SMILES string of the molecule is CC(Oc1cc(-n2cnc3c2C=CC(c2cnn(C)c2)C3)sc1C(N)=O)c1cccc(OC2CCN(C)CC2)c1F. The van der Waals surface area contributed by atoms with Crippen molar-refractivity contribution < 1.29 is 18.7 Å². The van der Waals surface area contributed by atoms with Crippen LogP contribution in [0.4, 0.5) is 4.39 Å². The Balaban J connectivity index is 1.22. The predicted molar refractivity (Wildman–Crippen MR) is 155 cm³/mol. The van der Waals surface area contributed by atoms with Gasteiger partial charge >= 0.3 is 0 Å². The third-order valence-electron chi connectivity index (χ3n) is 7.78. The minimum absolute atomic E-state index is 0.0251. The first-order valence-electron chi connectivity index (χ1n) is 13.7. The molecule has 2 unspecified atom stereocenters. The number of likely N-dealkylation sites (tertiary alicyclic amines) is 1. The van der Waals surface area contributed by atoms with Crippen molar-refractivity contribution in [3.63, 3.8) is 0 Å². The lowest BCUT2D eigenvalue weighted by Gasteiger charge is -2.29. The number of halogens is 1. The molecular formula is C30H33FN6O3S. The van der Waals surface area contributed by atoms with E-state index in [1.165, 1.54) is 11.3 Å². The van der Waals surface area contributed by atoms with E-state index in [0.29, 0.717) is 11.3 Å². The van der Waals surface area contributed by atoms with Gasteiger partial charge < -0.3 is 20.1 Å². The number of imidazole rings is 1. The number of aryl methyl sites for hydroxylation is 1. The van der Waals surface area contributed by atoms with Gasteiger partial charge in [-0.05, 0) is 44.5 Å². The number of fused-ring (bicyclic) bond motifs is 1. The number of ether oxygens (including phenoxy) is 2. The van der Waals surface area contributed by atoms with E-state index in [4.69, 9.17) is 15.2 Å². The number of nitrogens with two attached hydrogens (primary N) is 1. The molecule has 0 radical (unpaired) electrons. The van der Waals surface area contributed by atoms with E-state index in [0.717, 1.165) is 54.3 Å². The third kappa shape index (κ3) is 5.51. The standard InChI is InChI=1S/C30H33FN6O3S/c1-18(22-5-4-6-25(28(22)31)40-21-9-11-35(2)12-10-21)39-26-14-27(41-29(26)30(32)38)37-17-33-23-13-19(7-8-24(23)37)20-15-34-36(3)16-20/h4-8,14-19,21H,9-13H2,1-3H3,(H2,32,38). The number of primary amides is 1. The quantitative estimate of drug-likeness (QED) is 0.321. The summed E-state index contributed by atoms with van der Waals surface area (Å²) in [5.74, 6) is -0.342. The van der Waals surface area contributed by atoms with Crippen molar-refractivity contribution in [1.82, 2.24) is 24.2 Å². The Bertz CT molecular complexity index is 1600. The van der Waals surface area contributed by atoms with Gasteiger partial charge in [0.25, 0.3) is 5.91 Å². The average molecular weight is 577 g/mol. The maximum absolute atomic E-state index is 15.6. The molecule has 2 aliphatic rings. The minimum atomic E-state index is -0.687. The van der Waals surface area contributed by atoms with Gasteiger partial charge in [-0.2, -0.15) is 5.10 Å². The van der Waals surface area contributed by atoms with Gasteiger partial charge in [-0.1, -0.05) is 18.2 Å². The summed E-state index contributed by atoms with van der Waals surface area (Å²) in [7, 11) is 3.98. The second-order valence-corrected chi connectivity index (χ2v) is 11.8. The molecule has 41 heavy (non-hydrogen) atoms. The third-order valence-corrected chi connectivity index (χ3v) is 8.91. The number of thiophene rings is 1. The molecule has 1 saturated heterocycles. The van der Waals surface area contributed by atoms with Crippen molar-refractivity contribution in [3.8, 4) is 16.5 Å². The van der Waals surface area contributed by atoms with Gasteiger partial charge in [0.1, 0.15) is 34.2 Å². The van der Waals surface area contributed by atoms with Crippen LogP contribution in [0.25, 0.3) is 11.1 Å². The first-order valence-corrected chi connectivity index (χ1v) is 14.6. The Morgan fingerprint density at radius 2 is 2.02 bits per heavy atom. The molecule has 6 rings (SSSR count). The number of piperidine rings is 1. The molecule has 0 spiro atoms. The largest absolute Gasteiger partial charge is 0.487 e. The summed E-state index contributed by atoms with van der Waals surface area (Å²) in [6, 6.07) is 6.85. The molecule has 4 aromatic rings. The zero-order chi connectivity index (χ0) is 28.7. The van der Waals surface area contributed by atoms with Crippen molar-refractivity contribution in [2.75, 3.05) is 20.1 Å². The van der Waals surface area contributed by atoms with E-state index < -0.39 is 17.8 Å². The van der Waals surface area contributed by atoms with Crippen LogP contribution in [0.15, 0.2) is 49.1 Å². The molecule has 2 atom stereocenters. The van der Waals surface area contributed by atoms with Crippen LogP contribution in [0.2, 0.25) is 0 Å². The highest BCUT2D eigenvalue weighted by molar-refractivity contribution is 7.16. The van der Waals surface area contributed by atoms with E-state index >= 15 is 4.39 Å². The zero-order valence-electron chi connectivity index (χ0n) is 23.3. The fourth-order valence-electron chi connectivity index (χ4n) is 5.46. The Kier molecular flexibility index (Phi) is 7.39. The monoisotopic (exact) mass is 576 g/mol. The Labute approximate surface area is 242 Å². The molecular weight excluding hydrogens is 543 g/mol. The van der Waals surface area contributed by atoms with Gasteiger partial charge in [0.2, 0.25) is 0 Å². The summed E-state index contributed by atoms with van der Waals surface area (Å²) in [6.45, 7) is 3.59. The van der Waals surface area contributed by atoms with Crippen LogP contribution in [0.1, 0.15) is 64.0 Å². The van der Waals surface area contributed by atoms with Crippen LogP contribution in [0, 0.1) is 5.82 Å². The fourth-order valence-corrected chi connectivity index (χ4v) is 6.38. The van der Waals surface area contributed by atoms with Crippen LogP contribution in [-0.2, 0) is 13.5 Å². The summed E-state index contributed by atoms with van der Waals surface area (Å²) in [6.07, 6.45) is 11.6. The summed E-state index contributed by atoms with van der Waals surface area (Å²) in [5.41, 5.74) is 9.11. The van der Waals surface area contributed by atoms with Crippen molar-refractivity contribution in [2.45, 2.75) is 44.3 Å². The second kappa shape index (κ2) is 11.1. The molecule has 2 N–H and O–H groups in total. The molecule has 1 fully saturated rings. The van der Waals surface area contributed by atoms with Crippen molar-refractivity contribution in [1.29, 1.82) is 0 Å². The molecule has 0 saturated carbocycles. The minimum Gasteiger partial charge on any atom is -0.487 e. The molecule has 214 valence electrons. The number of hydrogen-bond donors (Lipinski definition) is 1. The Morgan fingerprint density at radius 3 is 2.76 bits per heavy atom. The number of benzene rings is 1. The van der Waals surface area contributed by atoms with Crippen LogP contribution in [0.5, 0.6) is 11.5 Å². The highest BCUT2D eigenvalue weighted by Crippen LogP contribution is 2.38. The zero-order valence-corrected chi connectivity index (χ0v) is 24.1. The van der Waals surface area contributed by atoms with E-state index in [1.807, 2.05) is 30.1 Å². The Morgan fingerprint density at radius 1 is 1.22 bits per heavy atom. The molecule has 4 heterocycles. The van der Waals surface area contributed by atoms with Gasteiger partial charge in [-0.15, -0.1) is 11.3 Å². The van der Waals surface area contributed by atoms with Crippen LogP contribution < -0.4 is 15.2 Å². The summed E-state index contributed by atoms with van der Waals surface area (Å²) < 4.78 is 31.5. The second-order valence-electron chi connectivity index (χ2n) is 10.7. The summed E-state index contributed by atoms with van der Waals surface area (Å²) >= 11 is 1.22. The average Bonchev–Trinajstić information content (AvgIpc) is 3.69. The lowest BCUT2D eigenvalue weighted by Crippen LogP contribution is -2.35.